The van der Waals surface area contributed by atoms with Crippen LogP contribution in [0.25, 0.3) is 0 Å². The Morgan fingerprint density at radius 3 is 2.63 bits per heavy atom. The van der Waals surface area contributed by atoms with Crippen LogP contribution in [0.3, 0.4) is 0 Å². The zero-order chi connectivity index (χ0) is 21.5. The van der Waals surface area contributed by atoms with Crippen molar-refractivity contribution in [3.63, 3.8) is 0 Å². The van der Waals surface area contributed by atoms with Gasteiger partial charge in [-0.1, -0.05) is 59.8 Å². The van der Waals surface area contributed by atoms with Crippen LogP contribution < -0.4 is 10.1 Å². The van der Waals surface area contributed by atoms with Crippen molar-refractivity contribution in [1.82, 2.24) is 20.1 Å². The Hall–Kier alpha value is -2.80. The summed E-state index contributed by atoms with van der Waals surface area (Å²) in [5, 5.41) is 12.3. The number of amides is 1. The summed E-state index contributed by atoms with van der Waals surface area (Å²) in [6.45, 7) is 9.15. The molecule has 0 saturated heterocycles. The average Bonchev–Trinajstić information content (AvgIpc) is 3.14. The number of benzene rings is 2. The maximum Gasteiger partial charge on any atom is 0.230 e. The molecule has 158 valence electrons. The van der Waals surface area contributed by atoms with Crippen molar-refractivity contribution in [2.45, 2.75) is 52.0 Å². The van der Waals surface area contributed by atoms with Crippen molar-refractivity contribution >= 4 is 17.7 Å². The number of carbonyl (C=O) groups is 1. The number of nitrogens with zero attached hydrogens (tertiary/aromatic N) is 3. The number of aromatic nitrogens is 3. The molecule has 1 atom stereocenters. The molecule has 0 fully saturated rings. The highest BCUT2D eigenvalue weighted by Crippen LogP contribution is 2.22. The first-order chi connectivity index (χ1) is 14.5. The summed E-state index contributed by atoms with van der Waals surface area (Å²) < 4.78 is 7.94. The van der Waals surface area contributed by atoms with E-state index in [4.69, 9.17) is 4.74 Å². The molecule has 0 saturated carbocycles. The molecule has 0 aliphatic carbocycles. The third-order valence-electron chi connectivity index (χ3n) is 4.81. The van der Waals surface area contributed by atoms with Gasteiger partial charge in [0.15, 0.2) is 11.0 Å². The molecule has 0 aliphatic heterocycles. The maximum absolute atomic E-state index is 12.4. The molecule has 1 amide bonds. The average molecular weight is 425 g/mol. The fourth-order valence-electron chi connectivity index (χ4n) is 3.19. The van der Waals surface area contributed by atoms with Crippen molar-refractivity contribution in [3.8, 4) is 5.75 Å². The Morgan fingerprint density at radius 1 is 1.17 bits per heavy atom. The Kier molecular flexibility index (Phi) is 7.52. The van der Waals surface area contributed by atoms with Crippen LogP contribution >= 0.6 is 11.8 Å². The number of hydrogen-bond acceptors (Lipinski definition) is 5. The van der Waals surface area contributed by atoms with Crippen LogP contribution in [0.1, 0.15) is 42.4 Å². The third kappa shape index (κ3) is 5.63. The minimum atomic E-state index is -0.0370. The maximum atomic E-state index is 12.4. The lowest BCUT2D eigenvalue weighted by Crippen LogP contribution is -2.28. The standard InChI is InChI=1S/C23H28N4O2S/c1-5-27-21(14-29-20-12-11-16(2)13-17(20)3)25-26-23(27)30-15-22(28)24-18(4)19-9-7-6-8-10-19/h6-13,18H,5,14-15H2,1-4H3,(H,24,28). The van der Waals surface area contributed by atoms with E-state index < -0.39 is 0 Å². The molecule has 0 spiro atoms. The van der Waals surface area contributed by atoms with Crippen LogP contribution in [-0.2, 0) is 17.9 Å². The van der Waals surface area contributed by atoms with Crippen LogP contribution in [0, 0.1) is 13.8 Å². The fraction of sp³-hybridized carbons (Fsp3) is 0.348. The highest BCUT2D eigenvalue weighted by molar-refractivity contribution is 7.99. The second kappa shape index (κ2) is 10.3. The Labute approximate surface area is 182 Å². The molecule has 0 bridgehead atoms. The van der Waals surface area contributed by atoms with E-state index >= 15 is 0 Å². The number of nitrogens with one attached hydrogen (secondary N) is 1. The van der Waals surface area contributed by atoms with Crippen LogP contribution in [0.5, 0.6) is 5.75 Å². The molecule has 3 aromatic rings. The van der Waals surface area contributed by atoms with Gasteiger partial charge in [0.25, 0.3) is 0 Å². The first-order valence-corrected chi connectivity index (χ1v) is 11.1. The second-order valence-electron chi connectivity index (χ2n) is 7.19. The molecule has 0 aliphatic rings. The van der Waals surface area contributed by atoms with Gasteiger partial charge in [-0.2, -0.15) is 0 Å². The molecule has 1 unspecified atom stereocenters. The number of aryl methyl sites for hydroxylation is 2. The minimum absolute atomic E-state index is 0.0323. The van der Waals surface area contributed by atoms with E-state index in [1.54, 1.807) is 0 Å². The van der Waals surface area contributed by atoms with E-state index in [2.05, 4.69) is 28.5 Å². The third-order valence-corrected chi connectivity index (χ3v) is 5.77. The summed E-state index contributed by atoms with van der Waals surface area (Å²) in [6.07, 6.45) is 0. The summed E-state index contributed by atoms with van der Waals surface area (Å²) in [4.78, 5) is 12.4. The summed E-state index contributed by atoms with van der Waals surface area (Å²) >= 11 is 1.39. The first kappa shape index (κ1) is 21.9. The normalized spacial score (nSPS) is 11.9. The molecule has 2 aromatic carbocycles. The van der Waals surface area contributed by atoms with E-state index in [0.717, 1.165) is 27.9 Å². The molecule has 0 radical (unpaired) electrons. The van der Waals surface area contributed by atoms with E-state index in [-0.39, 0.29) is 17.7 Å². The predicted octanol–water partition coefficient (Wildman–Crippen LogP) is 4.46. The van der Waals surface area contributed by atoms with Gasteiger partial charge in [-0.15, -0.1) is 10.2 Å². The molecular formula is C23H28N4O2S. The van der Waals surface area contributed by atoms with Crippen molar-refractivity contribution in [3.05, 3.63) is 71.0 Å². The summed E-state index contributed by atoms with van der Waals surface area (Å²) in [6, 6.07) is 16.0. The van der Waals surface area contributed by atoms with Gasteiger partial charge in [-0.05, 0) is 44.9 Å². The minimum Gasteiger partial charge on any atom is -0.485 e. The monoisotopic (exact) mass is 424 g/mol. The molecule has 1 aromatic heterocycles. The van der Waals surface area contributed by atoms with Crippen LogP contribution in [0.4, 0.5) is 0 Å². The molecule has 7 heteroatoms. The smallest absolute Gasteiger partial charge is 0.230 e. The van der Waals surface area contributed by atoms with Gasteiger partial charge in [0.05, 0.1) is 11.8 Å². The Balaban J connectivity index is 1.56. The molecule has 1 N–H and O–H groups in total. The van der Waals surface area contributed by atoms with Gasteiger partial charge in [-0.3, -0.25) is 4.79 Å². The van der Waals surface area contributed by atoms with Gasteiger partial charge in [-0.25, -0.2) is 0 Å². The van der Waals surface area contributed by atoms with Crippen LogP contribution in [-0.4, -0.2) is 26.4 Å². The van der Waals surface area contributed by atoms with Gasteiger partial charge in [0, 0.05) is 6.54 Å². The highest BCUT2D eigenvalue weighted by Gasteiger charge is 2.15. The molecular weight excluding hydrogens is 396 g/mol. The molecule has 6 nitrogen and oxygen atoms in total. The van der Waals surface area contributed by atoms with Gasteiger partial charge < -0.3 is 14.6 Å². The number of thioether (sulfide) groups is 1. The lowest BCUT2D eigenvalue weighted by Gasteiger charge is -2.14. The number of hydrogen-bond donors (Lipinski definition) is 1. The van der Waals surface area contributed by atoms with Crippen LogP contribution in [0.15, 0.2) is 53.7 Å². The molecule has 30 heavy (non-hydrogen) atoms. The van der Waals surface area contributed by atoms with Crippen molar-refractivity contribution < 1.29 is 9.53 Å². The largest absolute Gasteiger partial charge is 0.485 e. The number of ether oxygens (including phenoxy) is 1. The second-order valence-corrected chi connectivity index (χ2v) is 8.13. The lowest BCUT2D eigenvalue weighted by molar-refractivity contribution is -0.119. The molecule has 3 rings (SSSR count). The van der Waals surface area contributed by atoms with E-state index in [9.17, 15) is 4.79 Å². The SMILES string of the molecule is CCn1c(COc2ccc(C)cc2C)nnc1SCC(=O)NC(C)c1ccccc1. The van der Waals surface area contributed by atoms with E-state index in [1.807, 2.05) is 67.8 Å². The fourth-order valence-corrected chi connectivity index (χ4v) is 4.02. The van der Waals surface area contributed by atoms with Crippen LogP contribution in [0.2, 0.25) is 0 Å². The van der Waals surface area contributed by atoms with Gasteiger partial charge >= 0.3 is 0 Å². The van der Waals surface area contributed by atoms with E-state index in [1.165, 1.54) is 17.3 Å². The quantitative estimate of drug-likeness (QED) is 0.514. The van der Waals surface area contributed by atoms with Crippen molar-refractivity contribution in [2.75, 3.05) is 5.75 Å². The summed E-state index contributed by atoms with van der Waals surface area (Å²) in [5.74, 6) is 1.84. The van der Waals surface area contributed by atoms with Crippen molar-refractivity contribution in [1.29, 1.82) is 0 Å². The predicted molar refractivity (Wildman–Crippen MR) is 120 cm³/mol. The van der Waals surface area contributed by atoms with Gasteiger partial charge in [0.2, 0.25) is 5.91 Å². The highest BCUT2D eigenvalue weighted by atomic mass is 32.2. The summed E-state index contributed by atoms with van der Waals surface area (Å²) in [5.41, 5.74) is 3.38. The molecule has 1 heterocycles. The summed E-state index contributed by atoms with van der Waals surface area (Å²) in [7, 11) is 0. The first-order valence-electron chi connectivity index (χ1n) is 10.1. The topological polar surface area (TPSA) is 69.0 Å². The number of carbonyl (C=O) groups excluding carboxylic acids is 1. The lowest BCUT2D eigenvalue weighted by atomic mass is 10.1. The van der Waals surface area contributed by atoms with Crippen molar-refractivity contribution in [2.24, 2.45) is 0 Å². The van der Waals surface area contributed by atoms with Gasteiger partial charge in [0.1, 0.15) is 12.4 Å². The Morgan fingerprint density at radius 2 is 1.93 bits per heavy atom. The van der Waals surface area contributed by atoms with E-state index in [0.29, 0.717) is 13.2 Å². The zero-order valence-electron chi connectivity index (χ0n) is 17.9. The Bertz CT molecular complexity index is 988. The number of rotatable bonds is 9. The zero-order valence-corrected chi connectivity index (χ0v) is 18.7.